The van der Waals surface area contributed by atoms with Crippen LogP contribution >= 0.6 is 34.4 Å². The molecule has 1 fully saturated rings. The Hall–Kier alpha value is -2.39. The second-order valence-corrected chi connectivity index (χ2v) is 8.88. The van der Waals surface area contributed by atoms with E-state index >= 15 is 0 Å². The minimum atomic E-state index is -0.318. The van der Waals surface area contributed by atoms with E-state index in [1.807, 2.05) is 19.1 Å². The van der Waals surface area contributed by atoms with Crippen molar-refractivity contribution < 1.29 is 9.18 Å². The van der Waals surface area contributed by atoms with Gasteiger partial charge in [-0.05, 0) is 108 Å². The number of nitrogens with one attached hydrogen (secondary N) is 1. The van der Waals surface area contributed by atoms with Crippen molar-refractivity contribution >= 4 is 57.2 Å². The van der Waals surface area contributed by atoms with Crippen molar-refractivity contribution in [3.05, 3.63) is 85.8 Å². The molecule has 7 heteroatoms. The molecule has 0 spiro atoms. The monoisotopic (exact) mass is 517 g/mol. The van der Waals surface area contributed by atoms with E-state index in [4.69, 9.17) is 0 Å². The second-order valence-electron chi connectivity index (χ2n) is 6.60. The van der Waals surface area contributed by atoms with Crippen LogP contribution in [0.15, 0.2) is 64.5 Å². The number of halogens is 2. The van der Waals surface area contributed by atoms with Gasteiger partial charge in [0.1, 0.15) is 5.82 Å². The van der Waals surface area contributed by atoms with Crippen LogP contribution in [0.3, 0.4) is 0 Å². The number of nitrogens with zero attached hydrogens (tertiary/aromatic N) is 2. The maximum atomic E-state index is 13.0. The first-order valence-electron chi connectivity index (χ1n) is 8.91. The van der Waals surface area contributed by atoms with Gasteiger partial charge < -0.3 is 9.88 Å². The summed E-state index contributed by atoms with van der Waals surface area (Å²) in [5.74, 6) is -0.504. The molecule has 0 unspecified atom stereocenters. The van der Waals surface area contributed by atoms with Crippen molar-refractivity contribution in [2.24, 2.45) is 4.99 Å². The standard InChI is InChI=1S/C22H17FIN3OS/c1-13-10-15(14(2)27(13)19-5-3-4-17(24)12-19)11-20-21(28)26-22(29-20)25-18-8-6-16(23)7-9-18/h3-12H,1-2H3,(H,25,26,28)/b20-11+. The summed E-state index contributed by atoms with van der Waals surface area (Å²) in [5, 5.41) is 3.26. The van der Waals surface area contributed by atoms with Crippen molar-refractivity contribution in [1.82, 2.24) is 9.88 Å². The number of carbonyl (C=O) groups excluding carboxylic acids is 1. The van der Waals surface area contributed by atoms with Crippen LogP contribution in [0.1, 0.15) is 17.0 Å². The summed E-state index contributed by atoms with van der Waals surface area (Å²) >= 11 is 3.58. The summed E-state index contributed by atoms with van der Waals surface area (Å²) < 4.78 is 16.4. The first kappa shape index (κ1) is 19.9. The Morgan fingerprint density at radius 3 is 2.62 bits per heavy atom. The molecular formula is C22H17FIN3OS. The number of rotatable bonds is 3. The molecule has 0 bridgehead atoms. The largest absolute Gasteiger partial charge is 0.318 e. The lowest BCUT2D eigenvalue weighted by atomic mass is 10.2. The van der Waals surface area contributed by atoms with Crippen molar-refractivity contribution in [2.45, 2.75) is 13.8 Å². The number of aliphatic imine (C=N–C) groups is 1. The van der Waals surface area contributed by atoms with E-state index in [1.54, 1.807) is 12.1 Å². The number of aryl methyl sites for hydroxylation is 1. The molecule has 4 rings (SSSR count). The average molecular weight is 517 g/mol. The third kappa shape index (κ3) is 4.30. The third-order valence-corrected chi connectivity index (χ3v) is 6.11. The molecule has 146 valence electrons. The molecule has 3 aromatic rings. The van der Waals surface area contributed by atoms with Gasteiger partial charge in [-0.1, -0.05) is 6.07 Å². The van der Waals surface area contributed by atoms with Gasteiger partial charge in [-0.25, -0.2) is 9.38 Å². The maximum absolute atomic E-state index is 13.0. The fourth-order valence-corrected chi connectivity index (χ4v) is 4.56. The molecule has 2 heterocycles. The van der Waals surface area contributed by atoms with Gasteiger partial charge in [0.2, 0.25) is 0 Å². The highest BCUT2D eigenvalue weighted by Crippen LogP contribution is 2.30. The van der Waals surface area contributed by atoms with E-state index < -0.39 is 0 Å². The molecule has 1 amide bonds. The molecule has 0 atom stereocenters. The Bertz CT molecular complexity index is 1170. The van der Waals surface area contributed by atoms with E-state index in [0.717, 1.165) is 22.6 Å². The van der Waals surface area contributed by atoms with Gasteiger partial charge in [0.15, 0.2) is 5.17 Å². The zero-order valence-electron chi connectivity index (χ0n) is 15.7. The van der Waals surface area contributed by atoms with Gasteiger partial charge in [-0.15, -0.1) is 0 Å². The summed E-state index contributed by atoms with van der Waals surface area (Å²) in [6, 6.07) is 16.2. The second kappa shape index (κ2) is 8.16. The number of aromatic nitrogens is 1. The Labute approximate surface area is 186 Å². The van der Waals surface area contributed by atoms with Crippen LogP contribution in [0, 0.1) is 23.2 Å². The van der Waals surface area contributed by atoms with Gasteiger partial charge in [0, 0.05) is 20.6 Å². The predicted molar refractivity (Wildman–Crippen MR) is 125 cm³/mol. The van der Waals surface area contributed by atoms with Gasteiger partial charge in [0.25, 0.3) is 5.91 Å². The number of thioether (sulfide) groups is 1. The van der Waals surface area contributed by atoms with Gasteiger partial charge >= 0.3 is 0 Å². The Morgan fingerprint density at radius 1 is 1.14 bits per heavy atom. The number of benzene rings is 2. The summed E-state index contributed by atoms with van der Waals surface area (Å²) in [5.41, 5.74) is 4.84. The van der Waals surface area contributed by atoms with Crippen LogP contribution in [0.5, 0.6) is 0 Å². The number of hydrogen-bond donors (Lipinski definition) is 1. The molecule has 1 aromatic heterocycles. The highest BCUT2D eigenvalue weighted by atomic mass is 127. The molecular weight excluding hydrogens is 500 g/mol. The fraction of sp³-hybridized carbons (Fsp3) is 0.0909. The van der Waals surface area contributed by atoms with E-state index in [-0.39, 0.29) is 11.7 Å². The number of amidine groups is 1. The Kier molecular flexibility index (Phi) is 5.60. The first-order valence-corrected chi connectivity index (χ1v) is 10.8. The molecule has 0 saturated carbocycles. The molecule has 0 aliphatic carbocycles. The van der Waals surface area contributed by atoms with Crippen LogP contribution in [-0.2, 0) is 4.79 Å². The zero-order chi connectivity index (χ0) is 20.5. The van der Waals surface area contributed by atoms with Crippen LogP contribution in [0.2, 0.25) is 0 Å². The Balaban J connectivity index is 1.64. The summed E-state index contributed by atoms with van der Waals surface area (Å²) in [6.07, 6.45) is 1.89. The van der Waals surface area contributed by atoms with Gasteiger partial charge in [-0.2, -0.15) is 0 Å². The van der Waals surface area contributed by atoms with E-state index in [0.29, 0.717) is 15.8 Å². The summed E-state index contributed by atoms with van der Waals surface area (Å²) in [4.78, 5) is 17.4. The summed E-state index contributed by atoms with van der Waals surface area (Å²) in [7, 11) is 0. The van der Waals surface area contributed by atoms with Crippen molar-refractivity contribution in [3.63, 3.8) is 0 Å². The Morgan fingerprint density at radius 2 is 1.90 bits per heavy atom. The zero-order valence-corrected chi connectivity index (χ0v) is 18.7. The summed E-state index contributed by atoms with van der Waals surface area (Å²) in [6.45, 7) is 4.10. The van der Waals surface area contributed by atoms with Crippen LogP contribution in [0.4, 0.5) is 10.1 Å². The molecule has 0 radical (unpaired) electrons. The first-order chi connectivity index (χ1) is 13.9. The highest BCUT2D eigenvalue weighted by molar-refractivity contribution is 14.1. The molecule has 1 N–H and O–H groups in total. The van der Waals surface area contributed by atoms with Crippen LogP contribution < -0.4 is 5.32 Å². The maximum Gasteiger partial charge on any atom is 0.264 e. The van der Waals surface area contributed by atoms with E-state index in [9.17, 15) is 9.18 Å². The SMILES string of the molecule is Cc1cc(/C=C2/SC(=Nc3ccc(F)cc3)NC2=O)c(C)n1-c1cccc(I)c1. The third-order valence-electron chi connectivity index (χ3n) is 4.53. The van der Waals surface area contributed by atoms with E-state index in [1.165, 1.54) is 27.5 Å². The lowest BCUT2D eigenvalue weighted by Gasteiger charge is -2.10. The lowest BCUT2D eigenvalue weighted by Crippen LogP contribution is -2.19. The quantitative estimate of drug-likeness (QED) is 0.357. The van der Waals surface area contributed by atoms with Gasteiger partial charge in [-0.3, -0.25) is 4.79 Å². The topological polar surface area (TPSA) is 46.4 Å². The number of carbonyl (C=O) groups is 1. The molecule has 2 aromatic carbocycles. The van der Waals surface area contributed by atoms with Crippen LogP contribution in [0.25, 0.3) is 11.8 Å². The number of amides is 1. The molecule has 1 saturated heterocycles. The minimum absolute atomic E-state index is 0.185. The molecule has 1 aliphatic heterocycles. The van der Waals surface area contributed by atoms with Gasteiger partial charge in [0.05, 0.1) is 10.6 Å². The minimum Gasteiger partial charge on any atom is -0.318 e. The fourth-order valence-electron chi connectivity index (χ4n) is 3.20. The van der Waals surface area contributed by atoms with Crippen molar-refractivity contribution in [3.8, 4) is 5.69 Å². The highest BCUT2D eigenvalue weighted by Gasteiger charge is 2.24. The molecule has 4 nitrogen and oxygen atoms in total. The molecule has 29 heavy (non-hydrogen) atoms. The number of hydrogen-bond acceptors (Lipinski definition) is 3. The molecule has 1 aliphatic rings. The average Bonchev–Trinajstić information content (AvgIpc) is 3.16. The predicted octanol–water partition coefficient (Wildman–Crippen LogP) is 5.73. The smallest absolute Gasteiger partial charge is 0.264 e. The van der Waals surface area contributed by atoms with Crippen molar-refractivity contribution in [2.75, 3.05) is 0 Å². The van der Waals surface area contributed by atoms with E-state index in [2.05, 4.69) is 68.7 Å². The van der Waals surface area contributed by atoms with Crippen molar-refractivity contribution in [1.29, 1.82) is 0 Å². The lowest BCUT2D eigenvalue weighted by molar-refractivity contribution is -0.115. The normalized spacial score (nSPS) is 16.6. The van der Waals surface area contributed by atoms with Crippen LogP contribution in [-0.4, -0.2) is 15.6 Å².